The van der Waals surface area contributed by atoms with E-state index in [1.165, 1.54) is 12.1 Å². The Labute approximate surface area is 80.1 Å². The fourth-order valence-corrected chi connectivity index (χ4v) is 1.03. The SMILES string of the molecule is CCOc1ccc(C(=O)O)c(N)c1F. The van der Waals surface area contributed by atoms with Crippen LogP contribution in [-0.2, 0) is 0 Å². The highest BCUT2D eigenvalue weighted by molar-refractivity contribution is 5.94. The predicted molar refractivity (Wildman–Crippen MR) is 48.9 cm³/mol. The van der Waals surface area contributed by atoms with Gasteiger partial charge in [-0.25, -0.2) is 9.18 Å². The van der Waals surface area contributed by atoms with E-state index >= 15 is 0 Å². The van der Waals surface area contributed by atoms with Gasteiger partial charge in [0.15, 0.2) is 11.6 Å². The number of nitrogen functional groups attached to an aromatic ring is 1. The van der Waals surface area contributed by atoms with E-state index in [4.69, 9.17) is 15.6 Å². The Morgan fingerprint density at radius 3 is 2.79 bits per heavy atom. The molecular formula is C9H10FNO3. The Kier molecular flexibility index (Phi) is 2.91. The van der Waals surface area contributed by atoms with Crippen molar-refractivity contribution in [3.05, 3.63) is 23.5 Å². The van der Waals surface area contributed by atoms with E-state index in [1.807, 2.05) is 0 Å². The fraction of sp³-hybridized carbons (Fsp3) is 0.222. The Balaban J connectivity index is 3.19. The summed E-state index contributed by atoms with van der Waals surface area (Å²) in [5.74, 6) is -2.12. The Bertz CT molecular complexity index is 365. The Morgan fingerprint density at radius 2 is 2.29 bits per heavy atom. The Hall–Kier alpha value is -1.78. The minimum Gasteiger partial charge on any atom is -0.491 e. The zero-order valence-corrected chi connectivity index (χ0v) is 7.58. The number of carboxylic acid groups (broad SMARTS) is 1. The molecule has 0 heterocycles. The minimum atomic E-state index is -1.26. The first-order valence-corrected chi connectivity index (χ1v) is 4.02. The van der Waals surface area contributed by atoms with Crippen LogP contribution in [0.4, 0.5) is 10.1 Å². The van der Waals surface area contributed by atoms with Crippen molar-refractivity contribution in [2.24, 2.45) is 0 Å². The number of halogens is 1. The van der Waals surface area contributed by atoms with Gasteiger partial charge >= 0.3 is 5.97 Å². The maximum absolute atomic E-state index is 13.3. The average molecular weight is 199 g/mol. The van der Waals surface area contributed by atoms with Gasteiger partial charge in [0.2, 0.25) is 0 Å². The number of carbonyl (C=O) groups is 1. The number of ether oxygens (including phenoxy) is 1. The number of hydrogen-bond acceptors (Lipinski definition) is 3. The number of aromatic carboxylic acids is 1. The normalized spacial score (nSPS) is 9.86. The van der Waals surface area contributed by atoms with Crippen LogP contribution in [0.1, 0.15) is 17.3 Å². The van der Waals surface area contributed by atoms with Crippen molar-refractivity contribution in [3.63, 3.8) is 0 Å². The zero-order chi connectivity index (χ0) is 10.7. The lowest BCUT2D eigenvalue weighted by atomic mass is 10.1. The molecule has 0 amide bonds. The van der Waals surface area contributed by atoms with Crippen LogP contribution in [0, 0.1) is 5.82 Å². The van der Waals surface area contributed by atoms with Crippen molar-refractivity contribution >= 4 is 11.7 Å². The van der Waals surface area contributed by atoms with Gasteiger partial charge in [0.25, 0.3) is 0 Å². The summed E-state index contributed by atoms with van der Waals surface area (Å²) in [5.41, 5.74) is 4.62. The van der Waals surface area contributed by atoms with Gasteiger partial charge in [-0.3, -0.25) is 0 Å². The maximum atomic E-state index is 13.3. The molecule has 0 radical (unpaired) electrons. The van der Waals surface area contributed by atoms with E-state index in [0.29, 0.717) is 6.61 Å². The number of hydrogen-bond donors (Lipinski definition) is 2. The van der Waals surface area contributed by atoms with Gasteiger partial charge in [-0.2, -0.15) is 0 Å². The number of anilines is 1. The fourth-order valence-electron chi connectivity index (χ4n) is 1.03. The van der Waals surface area contributed by atoms with E-state index in [0.717, 1.165) is 0 Å². The van der Waals surface area contributed by atoms with Crippen molar-refractivity contribution < 1.29 is 19.0 Å². The molecule has 1 rings (SSSR count). The van der Waals surface area contributed by atoms with E-state index in [1.54, 1.807) is 6.92 Å². The van der Waals surface area contributed by atoms with Crippen molar-refractivity contribution in [1.82, 2.24) is 0 Å². The molecule has 5 heteroatoms. The van der Waals surface area contributed by atoms with Gasteiger partial charge in [0.1, 0.15) is 0 Å². The zero-order valence-electron chi connectivity index (χ0n) is 7.58. The van der Waals surface area contributed by atoms with Crippen molar-refractivity contribution in [3.8, 4) is 5.75 Å². The lowest BCUT2D eigenvalue weighted by Crippen LogP contribution is -2.06. The molecule has 0 fully saturated rings. The van der Waals surface area contributed by atoms with E-state index < -0.39 is 17.5 Å². The molecule has 0 aliphatic heterocycles. The van der Waals surface area contributed by atoms with Crippen LogP contribution in [0.5, 0.6) is 5.75 Å². The van der Waals surface area contributed by atoms with Gasteiger partial charge in [-0.05, 0) is 19.1 Å². The van der Waals surface area contributed by atoms with E-state index in [2.05, 4.69) is 0 Å². The van der Waals surface area contributed by atoms with Gasteiger partial charge < -0.3 is 15.6 Å². The van der Waals surface area contributed by atoms with Gasteiger partial charge in [-0.1, -0.05) is 0 Å². The average Bonchev–Trinajstić information content (AvgIpc) is 2.13. The summed E-state index contributed by atoms with van der Waals surface area (Å²) in [7, 11) is 0. The molecule has 3 N–H and O–H groups in total. The lowest BCUT2D eigenvalue weighted by molar-refractivity contribution is 0.0697. The third-order valence-corrected chi connectivity index (χ3v) is 1.67. The Morgan fingerprint density at radius 1 is 1.64 bits per heavy atom. The first-order chi connectivity index (χ1) is 6.57. The van der Waals surface area contributed by atoms with Gasteiger partial charge in [0, 0.05) is 0 Å². The summed E-state index contributed by atoms with van der Waals surface area (Å²) >= 11 is 0. The molecule has 0 atom stereocenters. The molecule has 0 spiro atoms. The first-order valence-electron chi connectivity index (χ1n) is 4.02. The molecule has 0 aliphatic carbocycles. The summed E-state index contributed by atoms with van der Waals surface area (Å²) in [5, 5.41) is 8.62. The maximum Gasteiger partial charge on any atom is 0.337 e. The molecule has 1 aromatic carbocycles. The molecule has 4 nitrogen and oxygen atoms in total. The van der Waals surface area contributed by atoms with Crippen LogP contribution < -0.4 is 10.5 Å². The summed E-state index contributed by atoms with van der Waals surface area (Å²) in [6.07, 6.45) is 0. The topological polar surface area (TPSA) is 72.5 Å². The predicted octanol–water partition coefficient (Wildman–Crippen LogP) is 1.50. The number of rotatable bonds is 3. The summed E-state index contributed by atoms with van der Waals surface area (Å²) < 4.78 is 18.2. The molecule has 0 aliphatic rings. The van der Waals surface area contributed by atoms with Crippen LogP contribution in [0.15, 0.2) is 12.1 Å². The van der Waals surface area contributed by atoms with Crippen LogP contribution in [0.25, 0.3) is 0 Å². The highest BCUT2D eigenvalue weighted by atomic mass is 19.1. The van der Waals surface area contributed by atoms with Crippen molar-refractivity contribution in [1.29, 1.82) is 0 Å². The number of benzene rings is 1. The van der Waals surface area contributed by atoms with Crippen LogP contribution >= 0.6 is 0 Å². The standard InChI is InChI=1S/C9H10FNO3/c1-2-14-6-4-3-5(9(12)13)8(11)7(6)10/h3-4H,2,11H2,1H3,(H,12,13). The highest BCUT2D eigenvalue weighted by Crippen LogP contribution is 2.25. The quantitative estimate of drug-likeness (QED) is 0.723. The molecule has 0 saturated heterocycles. The molecule has 14 heavy (non-hydrogen) atoms. The van der Waals surface area contributed by atoms with Crippen LogP contribution in [0.2, 0.25) is 0 Å². The third-order valence-electron chi connectivity index (χ3n) is 1.67. The first kappa shape index (κ1) is 10.3. The van der Waals surface area contributed by atoms with Crippen LogP contribution in [0.3, 0.4) is 0 Å². The molecule has 1 aromatic rings. The number of nitrogens with two attached hydrogens (primary N) is 1. The molecule has 76 valence electrons. The summed E-state index contributed by atoms with van der Waals surface area (Å²) in [6.45, 7) is 1.99. The smallest absolute Gasteiger partial charge is 0.337 e. The second kappa shape index (κ2) is 3.95. The van der Waals surface area contributed by atoms with E-state index in [9.17, 15) is 9.18 Å². The largest absolute Gasteiger partial charge is 0.491 e. The monoisotopic (exact) mass is 199 g/mol. The van der Waals surface area contributed by atoms with Gasteiger partial charge in [0.05, 0.1) is 17.9 Å². The molecular weight excluding hydrogens is 189 g/mol. The lowest BCUT2D eigenvalue weighted by Gasteiger charge is -2.07. The highest BCUT2D eigenvalue weighted by Gasteiger charge is 2.15. The molecule has 0 saturated carbocycles. The summed E-state index contributed by atoms with van der Waals surface area (Å²) in [4.78, 5) is 10.6. The molecule has 0 aromatic heterocycles. The molecule has 0 bridgehead atoms. The molecule has 0 unspecified atom stereocenters. The number of carboxylic acids is 1. The van der Waals surface area contributed by atoms with Gasteiger partial charge in [-0.15, -0.1) is 0 Å². The van der Waals surface area contributed by atoms with Crippen molar-refractivity contribution in [2.45, 2.75) is 6.92 Å². The summed E-state index contributed by atoms with van der Waals surface area (Å²) in [6, 6.07) is 2.46. The minimum absolute atomic E-state index is 0.0324. The van der Waals surface area contributed by atoms with Crippen LogP contribution in [-0.4, -0.2) is 17.7 Å². The second-order valence-corrected chi connectivity index (χ2v) is 2.58. The second-order valence-electron chi connectivity index (χ2n) is 2.58. The van der Waals surface area contributed by atoms with E-state index in [-0.39, 0.29) is 11.3 Å². The van der Waals surface area contributed by atoms with Crippen molar-refractivity contribution in [2.75, 3.05) is 12.3 Å². The third kappa shape index (κ3) is 1.76.